The number of rotatable bonds is 8. The summed E-state index contributed by atoms with van der Waals surface area (Å²) >= 11 is 7.98. The van der Waals surface area contributed by atoms with E-state index in [1.165, 1.54) is 17.7 Å². The maximum Gasteiger partial charge on any atom is 0.409 e. The summed E-state index contributed by atoms with van der Waals surface area (Å²) in [6, 6.07) is 10.5. The van der Waals surface area contributed by atoms with Gasteiger partial charge in [-0.3, -0.25) is 4.90 Å². The average molecular weight is 385 g/mol. The number of nitrogens with zero attached hydrogens (tertiary/aromatic N) is 2. The molecule has 0 atom stereocenters. The number of halogens is 1. The molecule has 1 aromatic rings. The van der Waals surface area contributed by atoms with Crippen LogP contribution in [0.5, 0.6) is 0 Å². The zero-order valence-corrected chi connectivity index (χ0v) is 16.8. The van der Waals surface area contributed by atoms with Crippen LogP contribution in [-0.2, 0) is 4.74 Å². The maximum atomic E-state index is 12.0. The molecule has 1 aliphatic heterocycles. The molecule has 1 aromatic carbocycles. The number of benzene rings is 1. The predicted octanol–water partition coefficient (Wildman–Crippen LogP) is 4.33. The molecule has 1 amide bonds. The molecule has 6 heteroatoms. The quantitative estimate of drug-likeness (QED) is 0.379. The van der Waals surface area contributed by atoms with Crippen molar-refractivity contribution in [3.63, 3.8) is 0 Å². The van der Waals surface area contributed by atoms with Crippen LogP contribution in [0.2, 0.25) is 0 Å². The molecule has 0 aromatic heterocycles. The highest BCUT2D eigenvalue weighted by molar-refractivity contribution is 7.99. The minimum absolute atomic E-state index is 0.243. The number of ether oxygens (including phenoxy) is 1. The predicted molar refractivity (Wildman–Crippen MR) is 106 cm³/mol. The Morgan fingerprint density at radius 1 is 1.16 bits per heavy atom. The number of carbonyl (C=O) groups is 1. The lowest BCUT2D eigenvalue weighted by atomic mass is 10.2. The molecule has 0 saturated carbocycles. The third-order valence-corrected chi connectivity index (χ3v) is 5.26. The second kappa shape index (κ2) is 10.3. The van der Waals surface area contributed by atoms with Gasteiger partial charge in [0.25, 0.3) is 0 Å². The lowest BCUT2D eigenvalue weighted by Crippen LogP contribution is -2.49. The number of unbranched alkanes of at least 4 members (excludes halogenated alkanes) is 1. The molecule has 0 bridgehead atoms. The SMILES string of the molecule is CC(C)(Cl)COC(=O)N1CCN(CCCCSc2ccccc2)CC1. The van der Waals surface area contributed by atoms with Crippen molar-refractivity contribution < 1.29 is 9.53 Å². The third-order valence-electron chi connectivity index (χ3n) is 4.05. The van der Waals surface area contributed by atoms with E-state index in [1.807, 2.05) is 25.6 Å². The molecule has 1 saturated heterocycles. The van der Waals surface area contributed by atoms with Gasteiger partial charge < -0.3 is 9.64 Å². The lowest BCUT2D eigenvalue weighted by molar-refractivity contribution is 0.0713. The zero-order valence-electron chi connectivity index (χ0n) is 15.2. The lowest BCUT2D eigenvalue weighted by Gasteiger charge is -2.34. The fraction of sp³-hybridized carbons (Fsp3) is 0.632. The van der Waals surface area contributed by atoms with Crippen LogP contribution in [0.4, 0.5) is 4.79 Å². The van der Waals surface area contributed by atoms with Crippen molar-refractivity contribution in [2.75, 3.05) is 45.1 Å². The van der Waals surface area contributed by atoms with Crippen LogP contribution >= 0.6 is 23.4 Å². The van der Waals surface area contributed by atoms with Gasteiger partial charge in [0.15, 0.2) is 0 Å². The van der Waals surface area contributed by atoms with Gasteiger partial charge in [-0.25, -0.2) is 4.79 Å². The van der Waals surface area contributed by atoms with Gasteiger partial charge in [-0.15, -0.1) is 23.4 Å². The summed E-state index contributed by atoms with van der Waals surface area (Å²) in [6.07, 6.45) is 2.17. The number of thioether (sulfide) groups is 1. The largest absolute Gasteiger partial charge is 0.448 e. The Morgan fingerprint density at radius 2 is 1.84 bits per heavy atom. The first-order chi connectivity index (χ1) is 11.9. The fourth-order valence-electron chi connectivity index (χ4n) is 2.62. The second-order valence-corrected chi connectivity index (χ2v) is 9.16. The van der Waals surface area contributed by atoms with E-state index in [1.54, 1.807) is 4.90 Å². The van der Waals surface area contributed by atoms with E-state index in [-0.39, 0.29) is 12.7 Å². The number of hydrogen-bond acceptors (Lipinski definition) is 4. The van der Waals surface area contributed by atoms with Crippen LogP contribution in [-0.4, -0.2) is 65.9 Å². The molecule has 1 heterocycles. The van der Waals surface area contributed by atoms with E-state index in [0.717, 1.165) is 38.5 Å². The van der Waals surface area contributed by atoms with Crippen LogP contribution in [0.25, 0.3) is 0 Å². The van der Waals surface area contributed by atoms with Crippen LogP contribution in [0, 0.1) is 0 Å². The zero-order chi connectivity index (χ0) is 18.1. The molecule has 1 fully saturated rings. The highest BCUT2D eigenvalue weighted by Crippen LogP contribution is 2.18. The Kier molecular flexibility index (Phi) is 8.40. The molecule has 0 aliphatic carbocycles. The van der Waals surface area contributed by atoms with Gasteiger partial charge >= 0.3 is 6.09 Å². The normalized spacial score (nSPS) is 16.0. The first kappa shape index (κ1) is 20.4. The Hall–Kier alpha value is -0.910. The van der Waals surface area contributed by atoms with Crippen molar-refractivity contribution in [2.24, 2.45) is 0 Å². The molecule has 0 unspecified atom stereocenters. The number of alkyl halides is 1. The van der Waals surface area contributed by atoms with Crippen molar-refractivity contribution in [1.82, 2.24) is 9.80 Å². The van der Waals surface area contributed by atoms with Crippen LogP contribution in [0.1, 0.15) is 26.7 Å². The van der Waals surface area contributed by atoms with Crippen LogP contribution in [0.3, 0.4) is 0 Å². The summed E-state index contributed by atoms with van der Waals surface area (Å²) in [6.45, 7) is 8.35. The minimum Gasteiger partial charge on any atom is -0.448 e. The summed E-state index contributed by atoms with van der Waals surface area (Å²) in [5.41, 5.74) is 0. The van der Waals surface area contributed by atoms with Gasteiger partial charge in [-0.2, -0.15) is 0 Å². The molecule has 2 rings (SSSR count). The molecular formula is C19H29ClN2O2S. The van der Waals surface area contributed by atoms with E-state index in [9.17, 15) is 4.79 Å². The Morgan fingerprint density at radius 3 is 2.48 bits per heavy atom. The fourth-order valence-corrected chi connectivity index (χ4v) is 3.61. The van der Waals surface area contributed by atoms with Crippen molar-refractivity contribution in [3.05, 3.63) is 30.3 Å². The van der Waals surface area contributed by atoms with Crippen molar-refractivity contribution in [3.8, 4) is 0 Å². The standard InChI is InChI=1S/C19H29ClN2O2S/c1-19(2,20)16-24-18(23)22-13-11-21(12-14-22)10-6-7-15-25-17-8-4-3-5-9-17/h3-5,8-9H,6-7,10-16H2,1-2H3. The molecule has 1 aliphatic rings. The maximum absolute atomic E-state index is 12.0. The number of hydrogen-bond donors (Lipinski definition) is 0. The second-order valence-electron chi connectivity index (χ2n) is 6.97. The molecule has 0 spiro atoms. The first-order valence-electron chi connectivity index (χ1n) is 8.95. The smallest absolute Gasteiger partial charge is 0.409 e. The Bertz CT molecular complexity index is 514. The van der Waals surface area contributed by atoms with E-state index in [0.29, 0.717) is 0 Å². The number of piperazine rings is 1. The number of amides is 1. The van der Waals surface area contributed by atoms with E-state index < -0.39 is 4.87 Å². The minimum atomic E-state index is -0.505. The Labute approximate surface area is 160 Å². The topological polar surface area (TPSA) is 32.8 Å². The summed E-state index contributed by atoms with van der Waals surface area (Å²) in [7, 11) is 0. The molecule has 0 N–H and O–H groups in total. The highest BCUT2D eigenvalue weighted by atomic mass is 35.5. The van der Waals surface area contributed by atoms with E-state index >= 15 is 0 Å². The first-order valence-corrected chi connectivity index (χ1v) is 10.3. The van der Waals surface area contributed by atoms with Gasteiger partial charge in [0.05, 0.1) is 4.87 Å². The summed E-state index contributed by atoms with van der Waals surface area (Å²) in [5, 5.41) is 0. The molecule has 4 nitrogen and oxygen atoms in total. The third kappa shape index (κ3) is 8.34. The van der Waals surface area contributed by atoms with Gasteiger partial charge in [0, 0.05) is 31.1 Å². The van der Waals surface area contributed by atoms with Crippen molar-refractivity contribution in [2.45, 2.75) is 36.5 Å². The van der Waals surface area contributed by atoms with Gasteiger partial charge in [-0.05, 0) is 51.1 Å². The highest BCUT2D eigenvalue weighted by Gasteiger charge is 2.24. The average Bonchev–Trinajstić information content (AvgIpc) is 2.60. The summed E-state index contributed by atoms with van der Waals surface area (Å²) < 4.78 is 5.27. The Balaban J connectivity index is 1.54. The number of carbonyl (C=O) groups excluding carboxylic acids is 1. The molecule has 0 radical (unpaired) electrons. The molecule has 25 heavy (non-hydrogen) atoms. The van der Waals surface area contributed by atoms with Crippen LogP contribution in [0.15, 0.2) is 35.2 Å². The van der Waals surface area contributed by atoms with Gasteiger partial charge in [0.1, 0.15) is 6.61 Å². The monoisotopic (exact) mass is 384 g/mol. The van der Waals surface area contributed by atoms with Gasteiger partial charge in [0.2, 0.25) is 0 Å². The molecule has 140 valence electrons. The summed E-state index contributed by atoms with van der Waals surface area (Å²) in [5.74, 6) is 1.16. The van der Waals surface area contributed by atoms with Gasteiger partial charge in [-0.1, -0.05) is 18.2 Å². The van der Waals surface area contributed by atoms with E-state index in [4.69, 9.17) is 16.3 Å². The molecular weight excluding hydrogens is 356 g/mol. The van der Waals surface area contributed by atoms with Crippen molar-refractivity contribution in [1.29, 1.82) is 0 Å². The van der Waals surface area contributed by atoms with Crippen molar-refractivity contribution >= 4 is 29.5 Å². The van der Waals surface area contributed by atoms with Crippen LogP contribution < -0.4 is 0 Å². The summed E-state index contributed by atoms with van der Waals surface area (Å²) in [4.78, 5) is 17.1. The van der Waals surface area contributed by atoms with E-state index in [2.05, 4.69) is 35.2 Å².